The van der Waals surface area contributed by atoms with E-state index in [0.717, 1.165) is 31.6 Å². The maximum Gasteiger partial charge on any atom is 0.278 e. The van der Waals surface area contributed by atoms with Gasteiger partial charge in [-0.2, -0.15) is 9.67 Å². The van der Waals surface area contributed by atoms with E-state index in [1.807, 2.05) is 6.07 Å². The summed E-state index contributed by atoms with van der Waals surface area (Å²) in [6.45, 7) is 9.09. The minimum absolute atomic E-state index is 0.0326. The van der Waals surface area contributed by atoms with Crippen LogP contribution in [0.3, 0.4) is 0 Å². The third-order valence-corrected chi connectivity index (χ3v) is 6.93. The first kappa shape index (κ1) is 22.8. The van der Waals surface area contributed by atoms with Crippen molar-refractivity contribution in [1.29, 1.82) is 0 Å². The zero-order chi connectivity index (χ0) is 25.2. The molecule has 0 radical (unpaired) electrons. The first-order valence-corrected chi connectivity index (χ1v) is 12.3. The van der Waals surface area contributed by atoms with Crippen LogP contribution in [-0.4, -0.2) is 35.8 Å². The fourth-order valence-corrected chi connectivity index (χ4v) is 4.89. The van der Waals surface area contributed by atoms with Crippen molar-refractivity contribution >= 4 is 22.7 Å². The van der Waals surface area contributed by atoms with Crippen LogP contribution in [0.2, 0.25) is 0 Å². The van der Waals surface area contributed by atoms with Crippen LogP contribution < -0.4 is 16.2 Å². The highest BCUT2D eigenvalue weighted by Gasteiger charge is 2.32. The molecule has 186 valence electrons. The van der Waals surface area contributed by atoms with Crippen molar-refractivity contribution in [2.75, 3.05) is 11.9 Å². The standard InChI is InChI=1S/C26H29FN8O/c1-25(2)14-28-12-15-11-16(5-8-19(15)25)31-23-30-13-18-21(33-23)35(34(22(18)36)17-6-7-17)24-29-10-9-20(32-24)26(3,4)27/h5,8-11,13,17,28H,6-7,12,14H2,1-4H3,(H,30,31,33). The number of nitrogens with zero attached hydrogens (tertiary/aromatic N) is 6. The number of hydrogen-bond acceptors (Lipinski definition) is 7. The van der Waals surface area contributed by atoms with Gasteiger partial charge in [-0.05, 0) is 56.0 Å². The second-order valence-electron chi connectivity index (χ2n) is 10.8. The van der Waals surface area contributed by atoms with Gasteiger partial charge in [-0.15, -0.1) is 0 Å². The number of hydrogen-bond donors (Lipinski definition) is 2. The Morgan fingerprint density at radius 1 is 1.17 bits per heavy atom. The molecule has 2 N–H and O–H groups in total. The van der Waals surface area contributed by atoms with Gasteiger partial charge in [-0.3, -0.25) is 4.79 Å². The summed E-state index contributed by atoms with van der Waals surface area (Å²) in [5.74, 6) is 0.568. The molecule has 0 spiro atoms. The lowest BCUT2D eigenvalue weighted by molar-refractivity contribution is 0.213. The first-order valence-electron chi connectivity index (χ1n) is 12.3. The molecule has 3 aromatic heterocycles. The molecule has 0 unspecified atom stereocenters. The molecule has 10 heteroatoms. The van der Waals surface area contributed by atoms with Crippen LogP contribution in [-0.2, 0) is 17.6 Å². The Hall–Kier alpha value is -3.66. The monoisotopic (exact) mass is 488 g/mol. The van der Waals surface area contributed by atoms with Gasteiger partial charge in [0.1, 0.15) is 11.1 Å². The zero-order valence-corrected chi connectivity index (χ0v) is 20.8. The maximum absolute atomic E-state index is 14.7. The molecule has 0 bridgehead atoms. The van der Waals surface area contributed by atoms with E-state index in [0.29, 0.717) is 17.0 Å². The van der Waals surface area contributed by atoms with Crippen molar-refractivity contribution < 1.29 is 4.39 Å². The summed E-state index contributed by atoms with van der Waals surface area (Å²) in [6.07, 6.45) is 4.80. The lowest BCUT2D eigenvalue weighted by Crippen LogP contribution is -2.38. The fraction of sp³-hybridized carbons (Fsp3) is 0.423. The normalized spacial score (nSPS) is 17.2. The Bertz CT molecular complexity index is 1540. The Morgan fingerprint density at radius 2 is 1.97 bits per heavy atom. The van der Waals surface area contributed by atoms with Crippen molar-refractivity contribution in [1.82, 2.24) is 34.6 Å². The van der Waals surface area contributed by atoms with Gasteiger partial charge in [0.25, 0.3) is 11.5 Å². The smallest absolute Gasteiger partial charge is 0.278 e. The molecular weight excluding hydrogens is 459 g/mol. The molecule has 36 heavy (non-hydrogen) atoms. The molecule has 1 aliphatic heterocycles. The fourth-order valence-electron chi connectivity index (χ4n) is 4.89. The van der Waals surface area contributed by atoms with Gasteiger partial charge in [0.15, 0.2) is 5.65 Å². The number of aromatic nitrogens is 6. The average molecular weight is 489 g/mol. The predicted molar refractivity (Wildman–Crippen MR) is 136 cm³/mol. The lowest BCUT2D eigenvalue weighted by atomic mass is 9.79. The van der Waals surface area contributed by atoms with E-state index < -0.39 is 5.67 Å². The number of benzene rings is 1. The summed E-state index contributed by atoms with van der Waals surface area (Å²) >= 11 is 0. The molecule has 2 aliphatic rings. The summed E-state index contributed by atoms with van der Waals surface area (Å²) < 4.78 is 17.9. The SMILES string of the molecule is CC(C)(F)c1ccnc(-n2c3nc(Nc4ccc5c(c4)CNCC5(C)C)ncc3c(=O)n2C2CC2)n1. The van der Waals surface area contributed by atoms with Gasteiger partial charge >= 0.3 is 0 Å². The maximum atomic E-state index is 14.7. The third kappa shape index (κ3) is 3.85. The molecule has 1 fully saturated rings. The van der Waals surface area contributed by atoms with Crippen molar-refractivity contribution in [2.24, 2.45) is 0 Å². The first-order chi connectivity index (χ1) is 17.1. The largest absolute Gasteiger partial charge is 0.324 e. The zero-order valence-electron chi connectivity index (χ0n) is 20.8. The molecule has 4 heterocycles. The Morgan fingerprint density at radius 3 is 2.72 bits per heavy atom. The minimum Gasteiger partial charge on any atom is -0.324 e. The van der Waals surface area contributed by atoms with E-state index in [9.17, 15) is 9.18 Å². The summed E-state index contributed by atoms with van der Waals surface area (Å²) in [4.78, 5) is 31.2. The Kier molecular flexibility index (Phi) is 5.01. The van der Waals surface area contributed by atoms with E-state index >= 15 is 0 Å². The van der Waals surface area contributed by atoms with Crippen LogP contribution in [0.4, 0.5) is 16.0 Å². The van der Waals surface area contributed by atoms with Crippen LogP contribution in [0.15, 0.2) is 41.5 Å². The summed E-state index contributed by atoms with van der Waals surface area (Å²) in [6, 6.07) is 7.86. The molecule has 6 rings (SSSR count). The highest BCUT2D eigenvalue weighted by molar-refractivity contribution is 5.77. The van der Waals surface area contributed by atoms with Gasteiger partial charge in [0.2, 0.25) is 5.95 Å². The summed E-state index contributed by atoms with van der Waals surface area (Å²) in [5.41, 5.74) is 2.26. The number of halogens is 1. The second-order valence-corrected chi connectivity index (χ2v) is 10.8. The van der Waals surface area contributed by atoms with Crippen molar-refractivity contribution in [3.8, 4) is 5.95 Å². The molecule has 0 saturated heterocycles. The van der Waals surface area contributed by atoms with Gasteiger partial charge in [0, 0.05) is 36.6 Å². The highest BCUT2D eigenvalue weighted by atomic mass is 19.1. The molecular formula is C26H29FN8O. The number of fused-ring (bicyclic) bond motifs is 2. The lowest BCUT2D eigenvalue weighted by Gasteiger charge is -2.33. The van der Waals surface area contributed by atoms with E-state index in [4.69, 9.17) is 4.98 Å². The summed E-state index contributed by atoms with van der Waals surface area (Å²) in [7, 11) is 0. The molecule has 1 aromatic carbocycles. The second kappa shape index (κ2) is 7.92. The van der Waals surface area contributed by atoms with Crippen molar-refractivity contribution in [3.63, 3.8) is 0 Å². The van der Waals surface area contributed by atoms with Gasteiger partial charge in [0.05, 0.1) is 11.7 Å². The number of anilines is 2. The molecule has 4 aromatic rings. The van der Waals surface area contributed by atoms with E-state index in [2.05, 4.69) is 51.6 Å². The number of alkyl halides is 1. The number of rotatable bonds is 5. The molecule has 1 saturated carbocycles. The van der Waals surface area contributed by atoms with Gasteiger partial charge in [-0.1, -0.05) is 19.9 Å². The van der Waals surface area contributed by atoms with Crippen LogP contribution >= 0.6 is 0 Å². The minimum atomic E-state index is -1.65. The Balaban J connectivity index is 1.45. The van der Waals surface area contributed by atoms with Gasteiger partial charge < -0.3 is 10.6 Å². The van der Waals surface area contributed by atoms with Crippen LogP contribution in [0.1, 0.15) is 63.4 Å². The third-order valence-electron chi connectivity index (χ3n) is 6.93. The molecule has 0 amide bonds. The predicted octanol–water partition coefficient (Wildman–Crippen LogP) is 4.04. The quantitative estimate of drug-likeness (QED) is 0.437. The van der Waals surface area contributed by atoms with Crippen LogP contribution in [0.25, 0.3) is 17.0 Å². The van der Waals surface area contributed by atoms with Crippen LogP contribution in [0, 0.1) is 0 Å². The van der Waals surface area contributed by atoms with E-state index in [1.165, 1.54) is 37.4 Å². The summed E-state index contributed by atoms with van der Waals surface area (Å²) in [5, 5.41) is 7.13. The Labute approximate surface area is 207 Å². The molecule has 9 nitrogen and oxygen atoms in total. The topological polar surface area (TPSA) is 103 Å². The van der Waals surface area contributed by atoms with Crippen molar-refractivity contribution in [3.05, 3.63) is 63.8 Å². The van der Waals surface area contributed by atoms with Crippen LogP contribution in [0.5, 0.6) is 0 Å². The van der Waals surface area contributed by atoms with E-state index in [1.54, 1.807) is 15.4 Å². The number of nitrogens with one attached hydrogen (secondary N) is 2. The van der Waals surface area contributed by atoms with Crippen molar-refractivity contribution in [2.45, 2.75) is 64.2 Å². The van der Waals surface area contributed by atoms with Gasteiger partial charge in [-0.25, -0.2) is 24.0 Å². The molecule has 1 aliphatic carbocycles. The highest BCUT2D eigenvalue weighted by Crippen LogP contribution is 2.36. The molecule has 0 atom stereocenters. The average Bonchev–Trinajstić information content (AvgIpc) is 3.62. The van der Waals surface area contributed by atoms with E-state index in [-0.39, 0.29) is 28.7 Å².